The first kappa shape index (κ1) is 16.1. The molecule has 0 bridgehead atoms. The number of carbonyl (C=O) groups is 2. The van der Waals surface area contributed by atoms with E-state index in [2.05, 4.69) is 5.32 Å². The number of nitrogens with one attached hydrogen (secondary N) is 1. The van der Waals surface area contributed by atoms with Crippen molar-refractivity contribution in [3.63, 3.8) is 0 Å². The lowest BCUT2D eigenvalue weighted by atomic mass is 10.2. The van der Waals surface area contributed by atoms with Crippen LogP contribution in [0.25, 0.3) is 0 Å². The van der Waals surface area contributed by atoms with Gasteiger partial charge in [0.25, 0.3) is 5.91 Å². The van der Waals surface area contributed by atoms with E-state index in [1.807, 2.05) is 4.90 Å². The Bertz CT molecular complexity index is 555. The maximum absolute atomic E-state index is 12.1. The molecule has 6 heteroatoms. The zero-order chi connectivity index (χ0) is 16.1. The predicted molar refractivity (Wildman–Crippen MR) is 82.3 cm³/mol. The molecule has 1 aliphatic rings. The molecule has 0 radical (unpaired) electrons. The number of carbonyl (C=O) groups excluding carboxylic acids is 2. The van der Waals surface area contributed by atoms with Crippen molar-refractivity contribution in [1.29, 1.82) is 0 Å². The molecule has 1 fully saturated rings. The molecule has 0 aromatic heterocycles. The smallest absolute Gasteiger partial charge is 0.251 e. The molecule has 1 aliphatic carbocycles. The number of rotatable bonds is 7. The molecule has 1 aromatic rings. The molecule has 0 unspecified atom stereocenters. The van der Waals surface area contributed by atoms with Gasteiger partial charge in [0, 0.05) is 31.6 Å². The van der Waals surface area contributed by atoms with Crippen LogP contribution < -0.4 is 14.8 Å². The Labute approximate surface area is 130 Å². The molecule has 2 amide bonds. The summed E-state index contributed by atoms with van der Waals surface area (Å²) >= 11 is 0. The highest BCUT2D eigenvalue weighted by atomic mass is 16.5. The summed E-state index contributed by atoms with van der Waals surface area (Å²) in [6, 6.07) is 5.37. The Balaban J connectivity index is 1.90. The first-order valence-electron chi connectivity index (χ1n) is 7.34. The summed E-state index contributed by atoms with van der Waals surface area (Å²) < 4.78 is 10.3. The quantitative estimate of drug-likeness (QED) is 0.828. The number of amides is 2. The minimum atomic E-state index is -0.194. The Morgan fingerprint density at radius 1 is 1.23 bits per heavy atom. The second-order valence-electron chi connectivity index (χ2n) is 5.27. The van der Waals surface area contributed by atoms with E-state index in [0.717, 1.165) is 12.8 Å². The van der Waals surface area contributed by atoms with Gasteiger partial charge in [-0.2, -0.15) is 0 Å². The molecule has 120 valence electrons. The molecule has 0 saturated heterocycles. The zero-order valence-electron chi connectivity index (χ0n) is 13.2. The fraction of sp³-hybridized carbons (Fsp3) is 0.500. The Hall–Kier alpha value is -2.24. The van der Waals surface area contributed by atoms with Gasteiger partial charge in [0.2, 0.25) is 5.91 Å². The third-order valence-corrected chi connectivity index (χ3v) is 3.68. The van der Waals surface area contributed by atoms with Gasteiger partial charge in [0.1, 0.15) is 0 Å². The van der Waals surface area contributed by atoms with Gasteiger partial charge >= 0.3 is 0 Å². The fourth-order valence-electron chi connectivity index (χ4n) is 2.35. The SMILES string of the molecule is COc1ccc(C(=O)NCCN(C(C)=O)C2CC2)cc1OC. The summed E-state index contributed by atoms with van der Waals surface area (Å²) in [4.78, 5) is 25.5. The average Bonchev–Trinajstić information content (AvgIpc) is 3.34. The van der Waals surface area contributed by atoms with Gasteiger partial charge in [0.05, 0.1) is 14.2 Å². The molecule has 1 N–H and O–H groups in total. The van der Waals surface area contributed by atoms with E-state index in [4.69, 9.17) is 9.47 Å². The number of hydrogen-bond acceptors (Lipinski definition) is 4. The number of ether oxygens (including phenoxy) is 2. The van der Waals surface area contributed by atoms with Crippen molar-refractivity contribution in [2.45, 2.75) is 25.8 Å². The maximum Gasteiger partial charge on any atom is 0.251 e. The standard InChI is InChI=1S/C16H22N2O4/c1-11(19)18(13-5-6-13)9-8-17-16(20)12-4-7-14(21-2)15(10-12)22-3/h4,7,10,13H,5-6,8-9H2,1-3H3,(H,17,20). The summed E-state index contributed by atoms with van der Waals surface area (Å²) in [6.45, 7) is 2.54. The molecule has 0 heterocycles. The highest BCUT2D eigenvalue weighted by Crippen LogP contribution is 2.28. The van der Waals surface area contributed by atoms with Gasteiger partial charge < -0.3 is 19.7 Å². The van der Waals surface area contributed by atoms with Gasteiger partial charge in [-0.05, 0) is 31.0 Å². The van der Waals surface area contributed by atoms with Crippen LogP contribution in [-0.4, -0.2) is 50.1 Å². The first-order valence-corrected chi connectivity index (χ1v) is 7.34. The van der Waals surface area contributed by atoms with E-state index in [-0.39, 0.29) is 11.8 Å². The highest BCUT2D eigenvalue weighted by molar-refractivity contribution is 5.94. The van der Waals surface area contributed by atoms with Gasteiger partial charge in [-0.1, -0.05) is 0 Å². The van der Waals surface area contributed by atoms with E-state index in [1.165, 1.54) is 7.11 Å². The van der Waals surface area contributed by atoms with E-state index < -0.39 is 0 Å². The number of nitrogens with zero attached hydrogens (tertiary/aromatic N) is 1. The second-order valence-corrected chi connectivity index (χ2v) is 5.27. The van der Waals surface area contributed by atoms with Crippen molar-refractivity contribution in [3.05, 3.63) is 23.8 Å². The summed E-state index contributed by atoms with van der Waals surface area (Å²) in [5.41, 5.74) is 0.499. The van der Waals surface area contributed by atoms with E-state index in [9.17, 15) is 9.59 Å². The molecular formula is C16H22N2O4. The van der Waals surface area contributed by atoms with E-state index in [1.54, 1.807) is 32.2 Å². The Morgan fingerprint density at radius 3 is 2.45 bits per heavy atom. The van der Waals surface area contributed by atoms with Gasteiger partial charge in [-0.3, -0.25) is 9.59 Å². The Kier molecular flexibility index (Phi) is 5.25. The minimum Gasteiger partial charge on any atom is -0.493 e. The predicted octanol–water partition coefficient (Wildman–Crippen LogP) is 1.44. The lowest BCUT2D eigenvalue weighted by Gasteiger charge is -2.20. The second kappa shape index (κ2) is 7.15. The van der Waals surface area contributed by atoms with Crippen LogP contribution >= 0.6 is 0 Å². The summed E-state index contributed by atoms with van der Waals surface area (Å²) in [5.74, 6) is 0.956. The normalized spacial score (nSPS) is 13.4. The summed E-state index contributed by atoms with van der Waals surface area (Å²) in [6.07, 6.45) is 2.12. The lowest BCUT2D eigenvalue weighted by Crippen LogP contribution is -2.38. The largest absolute Gasteiger partial charge is 0.493 e. The molecule has 2 rings (SSSR count). The first-order chi connectivity index (χ1) is 10.6. The number of benzene rings is 1. The molecular weight excluding hydrogens is 284 g/mol. The van der Waals surface area contributed by atoms with Crippen molar-refractivity contribution >= 4 is 11.8 Å². The van der Waals surface area contributed by atoms with Crippen molar-refractivity contribution < 1.29 is 19.1 Å². The number of hydrogen-bond donors (Lipinski definition) is 1. The molecule has 1 aromatic carbocycles. The van der Waals surface area contributed by atoms with Crippen molar-refractivity contribution in [2.75, 3.05) is 27.3 Å². The molecule has 0 atom stereocenters. The van der Waals surface area contributed by atoms with Crippen LogP contribution in [-0.2, 0) is 4.79 Å². The molecule has 22 heavy (non-hydrogen) atoms. The van der Waals surface area contributed by atoms with Gasteiger partial charge in [-0.25, -0.2) is 0 Å². The van der Waals surface area contributed by atoms with Gasteiger partial charge in [0.15, 0.2) is 11.5 Å². The monoisotopic (exact) mass is 306 g/mol. The van der Waals surface area contributed by atoms with Crippen LogP contribution in [0.2, 0.25) is 0 Å². The Morgan fingerprint density at radius 2 is 1.91 bits per heavy atom. The molecule has 0 spiro atoms. The van der Waals surface area contributed by atoms with Gasteiger partial charge in [-0.15, -0.1) is 0 Å². The fourth-order valence-corrected chi connectivity index (χ4v) is 2.35. The van der Waals surface area contributed by atoms with Crippen molar-refractivity contribution in [2.24, 2.45) is 0 Å². The third kappa shape index (κ3) is 3.90. The van der Waals surface area contributed by atoms with Crippen LogP contribution in [0.15, 0.2) is 18.2 Å². The van der Waals surface area contributed by atoms with Crippen molar-refractivity contribution in [3.8, 4) is 11.5 Å². The zero-order valence-corrected chi connectivity index (χ0v) is 13.2. The third-order valence-electron chi connectivity index (χ3n) is 3.68. The topological polar surface area (TPSA) is 67.9 Å². The lowest BCUT2D eigenvalue weighted by molar-refractivity contribution is -0.129. The van der Waals surface area contributed by atoms with Crippen LogP contribution in [0.3, 0.4) is 0 Å². The average molecular weight is 306 g/mol. The summed E-state index contributed by atoms with van der Waals surface area (Å²) in [5, 5.41) is 2.83. The molecule has 1 saturated carbocycles. The van der Waals surface area contributed by atoms with Crippen LogP contribution in [0.5, 0.6) is 11.5 Å². The van der Waals surface area contributed by atoms with E-state index in [0.29, 0.717) is 36.2 Å². The highest BCUT2D eigenvalue weighted by Gasteiger charge is 2.30. The van der Waals surface area contributed by atoms with Crippen LogP contribution in [0.1, 0.15) is 30.1 Å². The summed E-state index contributed by atoms with van der Waals surface area (Å²) in [7, 11) is 3.08. The van der Waals surface area contributed by atoms with E-state index >= 15 is 0 Å². The van der Waals surface area contributed by atoms with Crippen molar-refractivity contribution in [1.82, 2.24) is 10.2 Å². The molecule has 0 aliphatic heterocycles. The van der Waals surface area contributed by atoms with Crippen LogP contribution in [0.4, 0.5) is 0 Å². The molecule has 6 nitrogen and oxygen atoms in total. The maximum atomic E-state index is 12.1. The number of methoxy groups -OCH3 is 2. The minimum absolute atomic E-state index is 0.0582. The van der Waals surface area contributed by atoms with Crippen LogP contribution in [0, 0.1) is 0 Å².